The first-order chi connectivity index (χ1) is 4.84. The van der Waals surface area contributed by atoms with E-state index < -0.39 is 0 Å². The molecule has 0 saturated carbocycles. The molecule has 1 aliphatic heterocycles. The maximum absolute atomic E-state index is 5.84. The van der Waals surface area contributed by atoms with Gasteiger partial charge in [0.05, 0.1) is 6.17 Å². The van der Waals surface area contributed by atoms with E-state index in [1.807, 2.05) is 6.08 Å². The molecule has 1 fully saturated rings. The molecule has 1 aliphatic rings. The summed E-state index contributed by atoms with van der Waals surface area (Å²) in [6, 6.07) is 0. The topological polar surface area (TPSA) is 29.3 Å². The molecule has 1 saturated heterocycles. The van der Waals surface area contributed by atoms with Crippen LogP contribution in [0, 0.1) is 0 Å². The van der Waals surface area contributed by atoms with Crippen LogP contribution in [-0.4, -0.2) is 24.2 Å². The van der Waals surface area contributed by atoms with Crippen LogP contribution in [0.4, 0.5) is 0 Å². The molecule has 0 aromatic carbocycles. The van der Waals surface area contributed by atoms with Gasteiger partial charge in [0, 0.05) is 6.54 Å². The first kappa shape index (κ1) is 7.76. The molecular formula is C8H16N2. The Balaban J connectivity index is 2.32. The summed E-state index contributed by atoms with van der Waals surface area (Å²) in [5, 5.41) is 0. The fourth-order valence-corrected chi connectivity index (χ4v) is 1.41. The van der Waals surface area contributed by atoms with Crippen molar-refractivity contribution < 1.29 is 0 Å². The highest BCUT2D eigenvalue weighted by atomic mass is 15.2. The van der Waals surface area contributed by atoms with Gasteiger partial charge in [-0.1, -0.05) is 6.08 Å². The molecule has 1 rings (SSSR count). The molecule has 0 aromatic rings. The highest BCUT2D eigenvalue weighted by molar-refractivity contribution is 4.79. The Morgan fingerprint density at radius 1 is 1.60 bits per heavy atom. The van der Waals surface area contributed by atoms with Crippen molar-refractivity contribution in [1.82, 2.24) is 4.90 Å². The SMILES string of the molecule is C=CCN1CCCCC1N. The second kappa shape index (κ2) is 3.74. The maximum Gasteiger partial charge on any atom is 0.0574 e. The third-order valence-electron chi connectivity index (χ3n) is 2.03. The van der Waals surface area contributed by atoms with E-state index in [9.17, 15) is 0 Å². The number of hydrogen-bond acceptors (Lipinski definition) is 2. The van der Waals surface area contributed by atoms with Gasteiger partial charge in [0.15, 0.2) is 0 Å². The van der Waals surface area contributed by atoms with Crippen LogP contribution in [-0.2, 0) is 0 Å². The van der Waals surface area contributed by atoms with Crippen molar-refractivity contribution in [3.8, 4) is 0 Å². The molecule has 2 N–H and O–H groups in total. The molecule has 10 heavy (non-hydrogen) atoms. The van der Waals surface area contributed by atoms with Gasteiger partial charge in [-0.15, -0.1) is 6.58 Å². The summed E-state index contributed by atoms with van der Waals surface area (Å²) in [5.41, 5.74) is 5.84. The molecule has 0 aromatic heterocycles. The van der Waals surface area contributed by atoms with Crippen LogP contribution < -0.4 is 5.73 Å². The van der Waals surface area contributed by atoms with Crippen LogP contribution in [0.1, 0.15) is 19.3 Å². The second-order valence-corrected chi connectivity index (χ2v) is 2.85. The lowest BCUT2D eigenvalue weighted by Gasteiger charge is -2.31. The lowest BCUT2D eigenvalue weighted by molar-refractivity contribution is 0.170. The van der Waals surface area contributed by atoms with E-state index in [1.165, 1.54) is 12.8 Å². The van der Waals surface area contributed by atoms with Gasteiger partial charge >= 0.3 is 0 Å². The highest BCUT2D eigenvalue weighted by Crippen LogP contribution is 2.11. The zero-order chi connectivity index (χ0) is 7.40. The third-order valence-corrected chi connectivity index (χ3v) is 2.03. The molecule has 0 radical (unpaired) electrons. The Labute approximate surface area is 62.7 Å². The zero-order valence-electron chi connectivity index (χ0n) is 6.42. The molecule has 1 unspecified atom stereocenters. The average molecular weight is 140 g/mol. The van der Waals surface area contributed by atoms with E-state index in [-0.39, 0.29) is 6.17 Å². The lowest BCUT2D eigenvalue weighted by atomic mass is 10.1. The van der Waals surface area contributed by atoms with Gasteiger partial charge in [0.25, 0.3) is 0 Å². The van der Waals surface area contributed by atoms with E-state index in [2.05, 4.69) is 11.5 Å². The zero-order valence-corrected chi connectivity index (χ0v) is 6.42. The molecule has 0 bridgehead atoms. The van der Waals surface area contributed by atoms with Crippen molar-refractivity contribution in [2.75, 3.05) is 13.1 Å². The monoisotopic (exact) mass is 140 g/mol. The Kier molecular flexibility index (Phi) is 2.90. The summed E-state index contributed by atoms with van der Waals surface area (Å²) >= 11 is 0. The van der Waals surface area contributed by atoms with Crippen molar-refractivity contribution in [1.29, 1.82) is 0 Å². The van der Waals surface area contributed by atoms with Gasteiger partial charge < -0.3 is 5.73 Å². The van der Waals surface area contributed by atoms with Gasteiger partial charge in [0.2, 0.25) is 0 Å². The minimum Gasteiger partial charge on any atom is -0.316 e. The van der Waals surface area contributed by atoms with E-state index in [4.69, 9.17) is 5.73 Å². The van der Waals surface area contributed by atoms with Crippen molar-refractivity contribution in [3.63, 3.8) is 0 Å². The van der Waals surface area contributed by atoms with Gasteiger partial charge in [-0.05, 0) is 25.8 Å². The van der Waals surface area contributed by atoms with Crippen molar-refractivity contribution in [2.45, 2.75) is 25.4 Å². The molecular weight excluding hydrogens is 124 g/mol. The number of hydrogen-bond donors (Lipinski definition) is 1. The van der Waals surface area contributed by atoms with E-state index >= 15 is 0 Å². The normalized spacial score (nSPS) is 28.3. The van der Waals surface area contributed by atoms with Crippen molar-refractivity contribution in [2.24, 2.45) is 5.73 Å². The smallest absolute Gasteiger partial charge is 0.0574 e. The Hall–Kier alpha value is -0.340. The first-order valence-electron chi connectivity index (χ1n) is 3.95. The first-order valence-corrected chi connectivity index (χ1v) is 3.95. The number of nitrogens with zero attached hydrogens (tertiary/aromatic N) is 1. The maximum atomic E-state index is 5.84. The predicted molar refractivity (Wildman–Crippen MR) is 43.6 cm³/mol. The van der Waals surface area contributed by atoms with Crippen molar-refractivity contribution in [3.05, 3.63) is 12.7 Å². The molecule has 1 heterocycles. The van der Waals surface area contributed by atoms with Crippen LogP contribution in [0.5, 0.6) is 0 Å². The number of piperidine rings is 1. The second-order valence-electron chi connectivity index (χ2n) is 2.85. The molecule has 0 amide bonds. The Morgan fingerprint density at radius 2 is 2.40 bits per heavy atom. The minimum atomic E-state index is 0.284. The summed E-state index contributed by atoms with van der Waals surface area (Å²) in [6.07, 6.45) is 5.93. The predicted octanol–water partition coefficient (Wildman–Crippen LogP) is 0.943. The van der Waals surface area contributed by atoms with Crippen LogP contribution in [0.15, 0.2) is 12.7 Å². The summed E-state index contributed by atoms with van der Waals surface area (Å²) in [7, 11) is 0. The van der Waals surface area contributed by atoms with E-state index in [0.717, 1.165) is 19.5 Å². The summed E-state index contributed by atoms with van der Waals surface area (Å²) in [5.74, 6) is 0. The van der Waals surface area contributed by atoms with Gasteiger partial charge in [0.1, 0.15) is 0 Å². The Bertz CT molecular complexity index is 112. The Morgan fingerprint density at radius 3 is 3.00 bits per heavy atom. The van der Waals surface area contributed by atoms with Crippen LogP contribution in [0.2, 0.25) is 0 Å². The fraction of sp³-hybridized carbons (Fsp3) is 0.750. The van der Waals surface area contributed by atoms with Crippen LogP contribution in [0.3, 0.4) is 0 Å². The summed E-state index contributed by atoms with van der Waals surface area (Å²) in [4.78, 5) is 2.27. The van der Waals surface area contributed by atoms with Gasteiger partial charge in [-0.25, -0.2) is 0 Å². The number of nitrogens with two attached hydrogens (primary N) is 1. The minimum absolute atomic E-state index is 0.284. The lowest BCUT2D eigenvalue weighted by Crippen LogP contribution is -2.45. The van der Waals surface area contributed by atoms with Crippen LogP contribution in [0.25, 0.3) is 0 Å². The van der Waals surface area contributed by atoms with E-state index in [1.54, 1.807) is 0 Å². The van der Waals surface area contributed by atoms with Gasteiger partial charge in [-0.2, -0.15) is 0 Å². The summed E-state index contributed by atoms with van der Waals surface area (Å²) < 4.78 is 0. The largest absolute Gasteiger partial charge is 0.316 e. The van der Waals surface area contributed by atoms with Gasteiger partial charge in [-0.3, -0.25) is 4.90 Å². The summed E-state index contributed by atoms with van der Waals surface area (Å²) in [6.45, 7) is 5.78. The fourth-order valence-electron chi connectivity index (χ4n) is 1.41. The van der Waals surface area contributed by atoms with Crippen LogP contribution >= 0.6 is 0 Å². The average Bonchev–Trinajstić information content (AvgIpc) is 1.94. The standard InChI is InChI=1S/C8H16N2/c1-2-6-10-7-4-3-5-8(10)9/h2,8H,1,3-7,9H2. The van der Waals surface area contributed by atoms with E-state index in [0.29, 0.717) is 0 Å². The molecule has 0 spiro atoms. The quantitative estimate of drug-likeness (QED) is 0.578. The third kappa shape index (κ3) is 1.82. The molecule has 1 atom stereocenters. The molecule has 2 nitrogen and oxygen atoms in total. The molecule has 2 heteroatoms. The molecule has 0 aliphatic carbocycles. The highest BCUT2D eigenvalue weighted by Gasteiger charge is 2.16. The van der Waals surface area contributed by atoms with Crippen molar-refractivity contribution >= 4 is 0 Å². The molecule has 58 valence electrons. The number of likely N-dealkylation sites (tertiary alicyclic amines) is 1. The number of rotatable bonds is 2.